The molecule has 17 heavy (non-hydrogen) atoms. The second-order valence-electron chi connectivity index (χ2n) is 5.32. The lowest BCUT2D eigenvalue weighted by molar-refractivity contribution is -0.257. The highest BCUT2D eigenvalue weighted by Gasteiger charge is 2.62. The number of likely N-dealkylation sites (tertiary alicyclic amines) is 1. The Balaban J connectivity index is 2.59. The molecule has 0 spiro atoms. The predicted octanol–water partition coefficient (Wildman–Crippen LogP) is 1.74. The number of carbonyl (C=O) groups excluding carboxylic acids is 1. The van der Waals surface area contributed by atoms with Crippen molar-refractivity contribution < 1.29 is 22.7 Å². The van der Waals surface area contributed by atoms with Crippen LogP contribution in [0.25, 0.3) is 0 Å². The first kappa shape index (κ1) is 14.1. The van der Waals surface area contributed by atoms with E-state index in [1.54, 1.807) is 20.8 Å². The maximum absolute atomic E-state index is 12.7. The van der Waals surface area contributed by atoms with E-state index in [-0.39, 0.29) is 0 Å². The fourth-order valence-electron chi connectivity index (χ4n) is 1.56. The summed E-state index contributed by atoms with van der Waals surface area (Å²) in [6.07, 6.45) is -5.12. The minimum absolute atomic E-state index is 0.429. The van der Waals surface area contributed by atoms with Crippen molar-refractivity contribution >= 4 is 6.09 Å². The van der Waals surface area contributed by atoms with Gasteiger partial charge < -0.3 is 15.4 Å². The van der Waals surface area contributed by atoms with Crippen molar-refractivity contribution in [3.8, 4) is 0 Å². The van der Waals surface area contributed by atoms with Crippen molar-refractivity contribution in [2.24, 2.45) is 11.1 Å². The summed E-state index contributed by atoms with van der Waals surface area (Å²) < 4.78 is 43.0. The molecule has 0 bridgehead atoms. The number of ether oxygens (including phenoxy) is 1. The Kier molecular flexibility index (Phi) is 3.35. The summed E-state index contributed by atoms with van der Waals surface area (Å²) >= 11 is 0. The van der Waals surface area contributed by atoms with Crippen molar-refractivity contribution in [1.82, 2.24) is 4.90 Å². The summed E-state index contributed by atoms with van der Waals surface area (Å²) in [5.74, 6) is 0. The van der Waals surface area contributed by atoms with Crippen LogP contribution in [0.3, 0.4) is 0 Å². The molecular weight excluding hydrogens is 237 g/mol. The molecule has 0 unspecified atom stereocenters. The van der Waals surface area contributed by atoms with E-state index in [0.29, 0.717) is 0 Å². The molecule has 1 rings (SSSR count). The number of nitrogens with zero attached hydrogens (tertiary/aromatic N) is 1. The van der Waals surface area contributed by atoms with Gasteiger partial charge in [-0.1, -0.05) is 0 Å². The Labute approximate surface area is 97.9 Å². The summed E-state index contributed by atoms with van der Waals surface area (Å²) in [6, 6.07) is 0. The first-order valence-corrected chi connectivity index (χ1v) is 5.25. The van der Waals surface area contributed by atoms with Crippen LogP contribution in [0, 0.1) is 5.41 Å². The van der Waals surface area contributed by atoms with Gasteiger partial charge in [0.05, 0.1) is 0 Å². The first-order valence-electron chi connectivity index (χ1n) is 5.25. The fraction of sp³-hybridized carbons (Fsp3) is 0.900. The van der Waals surface area contributed by atoms with Crippen molar-refractivity contribution in [3.63, 3.8) is 0 Å². The maximum Gasteiger partial charge on any atom is 0.410 e. The third-order valence-corrected chi connectivity index (χ3v) is 2.63. The normalized spacial score (nSPS) is 19.8. The van der Waals surface area contributed by atoms with Gasteiger partial charge in [0, 0.05) is 19.6 Å². The Morgan fingerprint density at radius 2 is 1.82 bits per heavy atom. The molecule has 1 fully saturated rings. The molecule has 1 aliphatic rings. The summed E-state index contributed by atoms with van der Waals surface area (Å²) in [5.41, 5.74) is 2.47. The van der Waals surface area contributed by atoms with Crippen LogP contribution in [0.2, 0.25) is 0 Å². The molecular formula is C10H17F3N2O2. The highest BCUT2D eigenvalue weighted by Crippen LogP contribution is 2.44. The standard InChI is InChI=1S/C10H17F3N2O2/c1-8(2,3)17-7(16)15-5-9(4-14,6-15)10(11,12)13/h4-6,14H2,1-3H3. The van der Waals surface area contributed by atoms with E-state index < -0.39 is 42.9 Å². The number of halogens is 3. The predicted molar refractivity (Wildman–Crippen MR) is 55.3 cm³/mol. The smallest absolute Gasteiger partial charge is 0.410 e. The lowest BCUT2D eigenvalue weighted by Gasteiger charge is -2.49. The minimum atomic E-state index is -4.39. The molecule has 0 aromatic heterocycles. The molecule has 0 aromatic carbocycles. The number of hydrogen-bond donors (Lipinski definition) is 1. The molecule has 0 atom stereocenters. The Morgan fingerprint density at radius 1 is 1.35 bits per heavy atom. The lowest BCUT2D eigenvalue weighted by Crippen LogP contribution is -2.68. The van der Waals surface area contributed by atoms with E-state index in [1.165, 1.54) is 0 Å². The Morgan fingerprint density at radius 3 is 2.12 bits per heavy atom. The summed E-state index contributed by atoms with van der Waals surface area (Å²) in [6.45, 7) is 3.60. The lowest BCUT2D eigenvalue weighted by atomic mass is 9.79. The SMILES string of the molecule is CC(C)(C)OC(=O)N1CC(CN)(C(F)(F)F)C1. The van der Waals surface area contributed by atoms with Gasteiger partial charge in [0.15, 0.2) is 0 Å². The molecule has 1 amide bonds. The van der Waals surface area contributed by atoms with E-state index in [1.807, 2.05) is 0 Å². The highest BCUT2D eigenvalue weighted by molar-refractivity contribution is 5.69. The number of rotatable bonds is 1. The number of hydrogen-bond acceptors (Lipinski definition) is 3. The molecule has 1 heterocycles. The minimum Gasteiger partial charge on any atom is -0.444 e. The molecule has 0 aliphatic carbocycles. The van der Waals surface area contributed by atoms with Gasteiger partial charge >= 0.3 is 12.3 Å². The van der Waals surface area contributed by atoms with Crippen LogP contribution in [-0.4, -0.2) is 42.4 Å². The zero-order valence-electron chi connectivity index (χ0n) is 10.1. The fourth-order valence-corrected chi connectivity index (χ4v) is 1.56. The van der Waals surface area contributed by atoms with E-state index in [0.717, 1.165) is 4.90 Å². The zero-order valence-corrected chi connectivity index (χ0v) is 10.1. The maximum atomic E-state index is 12.7. The van der Waals surface area contributed by atoms with Gasteiger partial charge in [-0.05, 0) is 20.8 Å². The molecule has 0 radical (unpaired) electrons. The number of alkyl halides is 3. The van der Waals surface area contributed by atoms with Crippen LogP contribution in [0.15, 0.2) is 0 Å². The topological polar surface area (TPSA) is 55.6 Å². The summed E-state index contributed by atoms with van der Waals surface area (Å²) in [7, 11) is 0. The molecule has 1 saturated heterocycles. The third kappa shape index (κ3) is 2.83. The van der Waals surface area contributed by atoms with E-state index in [4.69, 9.17) is 10.5 Å². The van der Waals surface area contributed by atoms with Crippen LogP contribution in [-0.2, 0) is 4.74 Å². The average molecular weight is 254 g/mol. The van der Waals surface area contributed by atoms with Crippen molar-refractivity contribution in [1.29, 1.82) is 0 Å². The quantitative estimate of drug-likeness (QED) is 0.775. The van der Waals surface area contributed by atoms with E-state index in [9.17, 15) is 18.0 Å². The summed E-state index contributed by atoms with van der Waals surface area (Å²) in [4.78, 5) is 12.5. The van der Waals surface area contributed by atoms with Crippen molar-refractivity contribution in [2.45, 2.75) is 32.5 Å². The molecule has 1 aliphatic heterocycles. The molecule has 100 valence electrons. The molecule has 2 N–H and O–H groups in total. The largest absolute Gasteiger partial charge is 0.444 e. The summed E-state index contributed by atoms with van der Waals surface area (Å²) in [5, 5.41) is 0. The number of carbonyl (C=O) groups is 1. The van der Waals surface area contributed by atoms with E-state index >= 15 is 0 Å². The van der Waals surface area contributed by atoms with Gasteiger partial charge in [-0.15, -0.1) is 0 Å². The van der Waals surface area contributed by atoms with Gasteiger partial charge in [0.2, 0.25) is 0 Å². The van der Waals surface area contributed by atoms with Gasteiger partial charge in [0.25, 0.3) is 0 Å². The Bertz CT molecular complexity index is 304. The molecule has 0 aromatic rings. The highest BCUT2D eigenvalue weighted by atomic mass is 19.4. The third-order valence-electron chi connectivity index (χ3n) is 2.63. The van der Waals surface area contributed by atoms with Crippen LogP contribution in [0.4, 0.5) is 18.0 Å². The van der Waals surface area contributed by atoms with Crippen LogP contribution in [0.1, 0.15) is 20.8 Å². The van der Waals surface area contributed by atoms with Crippen LogP contribution in [0.5, 0.6) is 0 Å². The second-order valence-corrected chi connectivity index (χ2v) is 5.32. The van der Waals surface area contributed by atoms with Gasteiger partial charge in [-0.3, -0.25) is 0 Å². The second kappa shape index (κ2) is 4.04. The first-order chi connectivity index (χ1) is 7.51. The number of nitrogens with two attached hydrogens (primary N) is 1. The van der Waals surface area contributed by atoms with Crippen LogP contribution >= 0.6 is 0 Å². The molecule has 4 nitrogen and oxygen atoms in total. The monoisotopic (exact) mass is 254 g/mol. The zero-order chi connectivity index (χ0) is 13.5. The van der Waals surface area contributed by atoms with Crippen molar-refractivity contribution in [2.75, 3.05) is 19.6 Å². The average Bonchev–Trinajstić information content (AvgIpc) is 1.95. The van der Waals surface area contributed by atoms with E-state index in [2.05, 4.69) is 0 Å². The molecule has 0 saturated carbocycles. The Hall–Kier alpha value is -0.980. The van der Waals surface area contributed by atoms with Crippen LogP contribution < -0.4 is 5.73 Å². The van der Waals surface area contributed by atoms with Gasteiger partial charge in [-0.2, -0.15) is 13.2 Å². The van der Waals surface area contributed by atoms with Gasteiger partial charge in [-0.25, -0.2) is 4.79 Å². The number of amides is 1. The van der Waals surface area contributed by atoms with Crippen molar-refractivity contribution in [3.05, 3.63) is 0 Å². The molecule has 7 heteroatoms. The van der Waals surface area contributed by atoms with Gasteiger partial charge in [0.1, 0.15) is 11.0 Å².